The second-order valence-electron chi connectivity index (χ2n) is 2.93. The standard InChI is InChI=1S/C9H9N3O2S/c1-12(9(13)14)15-8-10-6-4-2-3-5-7(6)11-8/h2-5H,1H3,(H,10,11)(H,13,14). The van der Waals surface area contributed by atoms with E-state index in [1.165, 1.54) is 7.05 Å². The van der Waals surface area contributed by atoms with E-state index in [0.717, 1.165) is 27.3 Å². The molecule has 2 aromatic rings. The van der Waals surface area contributed by atoms with Gasteiger partial charge < -0.3 is 10.1 Å². The Morgan fingerprint density at radius 2 is 2.27 bits per heavy atom. The summed E-state index contributed by atoms with van der Waals surface area (Å²) < 4.78 is 1.09. The summed E-state index contributed by atoms with van der Waals surface area (Å²) in [6.45, 7) is 0. The lowest BCUT2D eigenvalue weighted by molar-refractivity contribution is 0.180. The van der Waals surface area contributed by atoms with E-state index in [1.54, 1.807) is 0 Å². The first-order valence-electron chi connectivity index (χ1n) is 4.26. The fourth-order valence-corrected chi connectivity index (χ4v) is 1.77. The average molecular weight is 223 g/mol. The number of carbonyl (C=O) groups is 1. The van der Waals surface area contributed by atoms with E-state index in [4.69, 9.17) is 5.11 Å². The van der Waals surface area contributed by atoms with Gasteiger partial charge in [-0.25, -0.2) is 14.1 Å². The van der Waals surface area contributed by atoms with Gasteiger partial charge in [0.15, 0.2) is 5.16 Å². The van der Waals surface area contributed by atoms with Gasteiger partial charge in [0.25, 0.3) is 0 Å². The van der Waals surface area contributed by atoms with Gasteiger partial charge in [0.1, 0.15) is 0 Å². The number of nitrogens with one attached hydrogen (secondary N) is 1. The quantitative estimate of drug-likeness (QED) is 0.765. The molecule has 15 heavy (non-hydrogen) atoms. The number of benzene rings is 1. The minimum absolute atomic E-state index is 0.570. The van der Waals surface area contributed by atoms with Crippen molar-refractivity contribution in [2.24, 2.45) is 0 Å². The number of para-hydroxylation sites is 2. The molecule has 0 aliphatic heterocycles. The number of aromatic nitrogens is 2. The van der Waals surface area contributed by atoms with Gasteiger partial charge in [0, 0.05) is 19.0 Å². The summed E-state index contributed by atoms with van der Waals surface area (Å²) in [6.07, 6.45) is -1.000. The summed E-state index contributed by atoms with van der Waals surface area (Å²) in [7, 11) is 1.47. The van der Waals surface area contributed by atoms with Crippen LogP contribution in [0.3, 0.4) is 0 Å². The molecule has 6 heteroatoms. The molecule has 0 spiro atoms. The highest BCUT2D eigenvalue weighted by Crippen LogP contribution is 2.21. The van der Waals surface area contributed by atoms with Gasteiger partial charge in [0.2, 0.25) is 0 Å². The molecule has 0 unspecified atom stereocenters. The highest BCUT2D eigenvalue weighted by Gasteiger charge is 2.10. The molecule has 78 valence electrons. The second kappa shape index (κ2) is 3.82. The molecule has 5 nitrogen and oxygen atoms in total. The molecule has 0 aliphatic carbocycles. The number of H-pyrrole nitrogens is 1. The van der Waals surface area contributed by atoms with Gasteiger partial charge in [0.05, 0.1) is 11.0 Å². The first kappa shape index (κ1) is 9.85. The Morgan fingerprint density at radius 1 is 1.53 bits per heavy atom. The Labute approximate surface area is 90.2 Å². The van der Waals surface area contributed by atoms with Crippen LogP contribution in [0.1, 0.15) is 0 Å². The molecule has 0 aliphatic rings. The number of hydrogen-bond donors (Lipinski definition) is 2. The SMILES string of the molecule is CN(Sc1nc2ccccc2[nH]1)C(=O)O. The number of hydrogen-bond acceptors (Lipinski definition) is 3. The molecule has 2 rings (SSSR count). The van der Waals surface area contributed by atoms with Crippen LogP contribution in [0.2, 0.25) is 0 Å². The highest BCUT2D eigenvalue weighted by atomic mass is 32.2. The first-order valence-corrected chi connectivity index (χ1v) is 5.03. The maximum absolute atomic E-state index is 10.6. The van der Waals surface area contributed by atoms with Crippen molar-refractivity contribution in [2.45, 2.75) is 5.16 Å². The molecule has 0 saturated heterocycles. The molecule has 2 N–H and O–H groups in total. The van der Waals surface area contributed by atoms with Crippen LogP contribution in [0.4, 0.5) is 4.79 Å². The van der Waals surface area contributed by atoms with Crippen LogP contribution < -0.4 is 0 Å². The molecule has 1 heterocycles. The van der Waals surface area contributed by atoms with Gasteiger partial charge >= 0.3 is 6.09 Å². The van der Waals surface area contributed by atoms with Crippen LogP contribution in [0.15, 0.2) is 29.4 Å². The van der Waals surface area contributed by atoms with Crippen LogP contribution >= 0.6 is 11.9 Å². The Bertz CT molecular complexity index is 464. The fourth-order valence-electron chi connectivity index (χ4n) is 1.14. The molecule has 0 bridgehead atoms. The number of imidazole rings is 1. The summed E-state index contributed by atoms with van der Waals surface area (Å²) >= 11 is 1.04. The molecule has 0 radical (unpaired) electrons. The Kier molecular flexibility index (Phi) is 2.51. The Hall–Kier alpha value is -1.69. The van der Waals surface area contributed by atoms with E-state index in [9.17, 15) is 4.79 Å². The molecular formula is C9H9N3O2S. The summed E-state index contributed by atoms with van der Waals surface area (Å²) in [6, 6.07) is 7.55. The van der Waals surface area contributed by atoms with Crippen molar-refractivity contribution in [2.75, 3.05) is 7.05 Å². The zero-order chi connectivity index (χ0) is 10.8. The minimum Gasteiger partial charge on any atom is -0.464 e. The van der Waals surface area contributed by atoms with Crippen molar-refractivity contribution in [3.05, 3.63) is 24.3 Å². The average Bonchev–Trinajstić information content (AvgIpc) is 2.59. The van der Waals surface area contributed by atoms with E-state index in [0.29, 0.717) is 5.16 Å². The zero-order valence-corrected chi connectivity index (χ0v) is 8.78. The molecule has 1 aromatic heterocycles. The predicted octanol–water partition coefficient (Wildman–Crippen LogP) is 2.18. The monoisotopic (exact) mass is 223 g/mol. The topological polar surface area (TPSA) is 69.2 Å². The lowest BCUT2D eigenvalue weighted by Gasteiger charge is -2.07. The van der Waals surface area contributed by atoms with Gasteiger partial charge in [-0.05, 0) is 12.1 Å². The summed E-state index contributed by atoms with van der Waals surface area (Å²) in [4.78, 5) is 17.8. The molecular weight excluding hydrogens is 214 g/mol. The van der Waals surface area contributed by atoms with Crippen molar-refractivity contribution in [1.29, 1.82) is 0 Å². The number of aromatic amines is 1. The second-order valence-corrected chi connectivity index (χ2v) is 4.05. The minimum atomic E-state index is -1.000. The van der Waals surface area contributed by atoms with E-state index < -0.39 is 6.09 Å². The van der Waals surface area contributed by atoms with Crippen molar-refractivity contribution < 1.29 is 9.90 Å². The Balaban J connectivity index is 2.26. The first-order chi connectivity index (χ1) is 7.16. The van der Waals surface area contributed by atoms with Crippen molar-refractivity contribution >= 4 is 29.1 Å². The third-order valence-corrected chi connectivity index (χ3v) is 2.66. The normalized spacial score (nSPS) is 10.5. The number of fused-ring (bicyclic) bond motifs is 1. The van der Waals surface area contributed by atoms with Crippen molar-refractivity contribution in [3.8, 4) is 0 Å². The number of nitrogens with zero attached hydrogens (tertiary/aromatic N) is 2. The molecule has 1 amide bonds. The van der Waals surface area contributed by atoms with Crippen LogP contribution in [0, 0.1) is 0 Å². The van der Waals surface area contributed by atoms with Gasteiger partial charge in [-0.1, -0.05) is 12.1 Å². The largest absolute Gasteiger partial charge is 0.464 e. The summed E-state index contributed by atoms with van der Waals surface area (Å²) in [5.41, 5.74) is 1.73. The summed E-state index contributed by atoms with van der Waals surface area (Å²) in [5, 5.41) is 9.25. The lowest BCUT2D eigenvalue weighted by Crippen LogP contribution is -2.16. The fraction of sp³-hybridized carbons (Fsp3) is 0.111. The van der Waals surface area contributed by atoms with Crippen LogP contribution in [-0.4, -0.2) is 32.5 Å². The maximum Gasteiger partial charge on any atom is 0.417 e. The van der Waals surface area contributed by atoms with E-state index in [2.05, 4.69) is 9.97 Å². The zero-order valence-electron chi connectivity index (χ0n) is 7.97. The van der Waals surface area contributed by atoms with E-state index in [-0.39, 0.29) is 0 Å². The van der Waals surface area contributed by atoms with Crippen molar-refractivity contribution in [3.63, 3.8) is 0 Å². The molecule has 0 fully saturated rings. The van der Waals surface area contributed by atoms with Crippen LogP contribution in [-0.2, 0) is 0 Å². The third kappa shape index (κ3) is 2.04. The van der Waals surface area contributed by atoms with E-state index in [1.807, 2.05) is 24.3 Å². The highest BCUT2D eigenvalue weighted by molar-refractivity contribution is 7.97. The smallest absolute Gasteiger partial charge is 0.417 e. The molecule has 1 aromatic carbocycles. The van der Waals surface area contributed by atoms with Crippen molar-refractivity contribution in [1.82, 2.24) is 14.3 Å². The van der Waals surface area contributed by atoms with Gasteiger partial charge in [-0.3, -0.25) is 0 Å². The van der Waals surface area contributed by atoms with Gasteiger partial charge in [-0.2, -0.15) is 0 Å². The number of amides is 1. The number of rotatable bonds is 2. The third-order valence-electron chi connectivity index (χ3n) is 1.86. The van der Waals surface area contributed by atoms with Gasteiger partial charge in [-0.15, -0.1) is 0 Å². The van der Waals surface area contributed by atoms with Crippen LogP contribution in [0.5, 0.6) is 0 Å². The molecule has 0 saturated carbocycles. The Morgan fingerprint density at radius 3 is 2.93 bits per heavy atom. The number of carboxylic acid groups (broad SMARTS) is 1. The molecule has 0 atom stereocenters. The summed E-state index contributed by atoms with van der Waals surface area (Å²) in [5.74, 6) is 0. The lowest BCUT2D eigenvalue weighted by atomic mass is 10.3. The van der Waals surface area contributed by atoms with E-state index >= 15 is 0 Å². The van der Waals surface area contributed by atoms with Crippen LogP contribution in [0.25, 0.3) is 11.0 Å². The maximum atomic E-state index is 10.6. The predicted molar refractivity (Wildman–Crippen MR) is 57.7 cm³/mol.